The highest BCUT2D eigenvalue weighted by molar-refractivity contribution is 6.03. The molecule has 0 atom stereocenters. The average Bonchev–Trinajstić information content (AvgIpc) is 3.08. The molecule has 0 aliphatic rings. The largest absolute Gasteiger partial charge is 0.459 e. The first kappa shape index (κ1) is 13.2. The Morgan fingerprint density at radius 3 is 2.71 bits per heavy atom. The van der Waals surface area contributed by atoms with E-state index in [4.69, 9.17) is 8.83 Å². The minimum atomic E-state index is -0.279. The van der Waals surface area contributed by atoms with Crippen LogP contribution in [0.1, 0.15) is 21.8 Å². The van der Waals surface area contributed by atoms with E-state index in [0.717, 1.165) is 16.8 Å². The quantitative estimate of drug-likeness (QED) is 0.793. The summed E-state index contributed by atoms with van der Waals surface area (Å²) < 4.78 is 10.5. The summed E-state index contributed by atoms with van der Waals surface area (Å²) in [5.41, 5.74) is 3.07. The van der Waals surface area contributed by atoms with E-state index in [1.165, 1.54) is 6.26 Å². The highest BCUT2D eigenvalue weighted by atomic mass is 16.3. The minimum absolute atomic E-state index is 0.279. The lowest BCUT2D eigenvalue weighted by molar-refractivity contribution is 0.0996. The number of oxazole rings is 1. The number of aryl methyl sites for hydroxylation is 2. The second-order valence-electron chi connectivity index (χ2n) is 4.76. The standard InChI is InChI=1S/C16H14N2O3/c1-10-6-7-20-14(10)15(19)18-13-5-3-4-12(8-13)16-17-11(2)9-21-16/h3-9H,1-2H3,(H,18,19). The lowest BCUT2D eigenvalue weighted by Gasteiger charge is -2.05. The van der Waals surface area contributed by atoms with Gasteiger partial charge in [0.1, 0.15) is 6.26 Å². The summed E-state index contributed by atoms with van der Waals surface area (Å²) in [7, 11) is 0. The van der Waals surface area contributed by atoms with E-state index in [1.807, 2.05) is 26.0 Å². The van der Waals surface area contributed by atoms with Crippen molar-refractivity contribution in [2.45, 2.75) is 13.8 Å². The Kier molecular flexibility index (Phi) is 3.31. The Hall–Kier alpha value is -2.82. The fourth-order valence-corrected chi connectivity index (χ4v) is 2.01. The van der Waals surface area contributed by atoms with Gasteiger partial charge in [0, 0.05) is 16.8 Å². The third kappa shape index (κ3) is 2.72. The summed E-state index contributed by atoms with van der Waals surface area (Å²) in [6.07, 6.45) is 3.09. The highest BCUT2D eigenvalue weighted by Crippen LogP contribution is 2.22. The third-order valence-electron chi connectivity index (χ3n) is 3.05. The fourth-order valence-electron chi connectivity index (χ4n) is 2.01. The van der Waals surface area contributed by atoms with Crippen LogP contribution >= 0.6 is 0 Å². The van der Waals surface area contributed by atoms with E-state index < -0.39 is 0 Å². The molecule has 0 aliphatic heterocycles. The zero-order valence-electron chi connectivity index (χ0n) is 11.7. The van der Waals surface area contributed by atoms with Crippen LogP contribution in [-0.2, 0) is 0 Å². The zero-order chi connectivity index (χ0) is 14.8. The van der Waals surface area contributed by atoms with Gasteiger partial charge >= 0.3 is 0 Å². The molecule has 1 aromatic carbocycles. The van der Waals surface area contributed by atoms with Gasteiger partial charge < -0.3 is 14.2 Å². The molecule has 2 aromatic heterocycles. The molecule has 0 bridgehead atoms. The summed E-state index contributed by atoms with van der Waals surface area (Å²) in [4.78, 5) is 16.4. The second kappa shape index (κ2) is 5.28. The normalized spacial score (nSPS) is 10.6. The first-order valence-electron chi connectivity index (χ1n) is 6.51. The van der Waals surface area contributed by atoms with Crippen LogP contribution in [0, 0.1) is 13.8 Å². The van der Waals surface area contributed by atoms with Gasteiger partial charge in [-0.2, -0.15) is 0 Å². The van der Waals surface area contributed by atoms with Crippen LogP contribution in [0.25, 0.3) is 11.5 Å². The topological polar surface area (TPSA) is 68.3 Å². The number of carbonyl (C=O) groups is 1. The van der Waals surface area contributed by atoms with E-state index in [0.29, 0.717) is 17.3 Å². The average molecular weight is 282 g/mol. The van der Waals surface area contributed by atoms with Gasteiger partial charge in [-0.15, -0.1) is 0 Å². The molecule has 5 heteroatoms. The van der Waals surface area contributed by atoms with Crippen LogP contribution in [0.4, 0.5) is 5.69 Å². The van der Waals surface area contributed by atoms with Crippen molar-refractivity contribution in [3.63, 3.8) is 0 Å². The Morgan fingerprint density at radius 2 is 2.05 bits per heavy atom. The predicted octanol–water partition coefficient (Wildman–Crippen LogP) is 3.80. The number of nitrogens with one attached hydrogen (secondary N) is 1. The molecule has 1 N–H and O–H groups in total. The first-order chi connectivity index (χ1) is 10.1. The number of anilines is 1. The van der Waals surface area contributed by atoms with Crippen LogP contribution in [-0.4, -0.2) is 10.9 Å². The maximum atomic E-state index is 12.1. The molecule has 0 radical (unpaired) electrons. The van der Waals surface area contributed by atoms with Crippen molar-refractivity contribution in [1.29, 1.82) is 0 Å². The molecule has 2 heterocycles. The molecule has 1 amide bonds. The molecule has 3 aromatic rings. The molecule has 0 spiro atoms. The van der Waals surface area contributed by atoms with E-state index in [9.17, 15) is 4.79 Å². The number of hydrogen-bond donors (Lipinski definition) is 1. The van der Waals surface area contributed by atoms with Gasteiger partial charge in [-0.25, -0.2) is 4.98 Å². The fraction of sp³-hybridized carbons (Fsp3) is 0.125. The van der Waals surface area contributed by atoms with Crippen LogP contribution in [0.3, 0.4) is 0 Å². The first-order valence-corrected chi connectivity index (χ1v) is 6.51. The van der Waals surface area contributed by atoms with Crippen molar-refractivity contribution in [2.75, 3.05) is 5.32 Å². The van der Waals surface area contributed by atoms with E-state index >= 15 is 0 Å². The van der Waals surface area contributed by atoms with Gasteiger partial charge in [0.15, 0.2) is 5.76 Å². The van der Waals surface area contributed by atoms with E-state index in [2.05, 4.69) is 10.3 Å². The Labute approximate surface area is 121 Å². The van der Waals surface area contributed by atoms with Crippen molar-refractivity contribution < 1.29 is 13.6 Å². The van der Waals surface area contributed by atoms with Crippen LogP contribution in [0.15, 0.2) is 51.7 Å². The molecule has 3 rings (SSSR count). The Balaban J connectivity index is 1.84. The van der Waals surface area contributed by atoms with Crippen LogP contribution < -0.4 is 5.32 Å². The van der Waals surface area contributed by atoms with Crippen molar-refractivity contribution in [2.24, 2.45) is 0 Å². The predicted molar refractivity (Wildman–Crippen MR) is 78.1 cm³/mol. The number of furan rings is 1. The molecule has 0 aliphatic carbocycles. The minimum Gasteiger partial charge on any atom is -0.459 e. The summed E-state index contributed by atoms with van der Waals surface area (Å²) in [6.45, 7) is 3.68. The molecule has 0 saturated heterocycles. The van der Waals surface area contributed by atoms with Crippen LogP contribution in [0.2, 0.25) is 0 Å². The summed E-state index contributed by atoms with van der Waals surface area (Å²) in [6, 6.07) is 9.07. The van der Waals surface area contributed by atoms with Gasteiger partial charge in [0.05, 0.1) is 12.0 Å². The van der Waals surface area contributed by atoms with Gasteiger partial charge in [-0.3, -0.25) is 4.79 Å². The molecule has 106 valence electrons. The number of carbonyl (C=O) groups excluding carboxylic acids is 1. The maximum Gasteiger partial charge on any atom is 0.291 e. The Bertz CT molecular complexity index is 786. The summed E-state index contributed by atoms with van der Waals surface area (Å²) in [5.74, 6) is 0.559. The lowest BCUT2D eigenvalue weighted by Crippen LogP contribution is -2.12. The SMILES string of the molecule is Cc1coc(-c2cccc(NC(=O)c3occc3C)c2)n1. The third-order valence-corrected chi connectivity index (χ3v) is 3.05. The molecule has 21 heavy (non-hydrogen) atoms. The smallest absolute Gasteiger partial charge is 0.291 e. The van der Waals surface area contributed by atoms with Gasteiger partial charge in [0.25, 0.3) is 5.91 Å². The number of benzene rings is 1. The lowest BCUT2D eigenvalue weighted by atomic mass is 10.2. The summed E-state index contributed by atoms with van der Waals surface area (Å²) in [5, 5.41) is 2.80. The van der Waals surface area contributed by atoms with Gasteiger partial charge in [-0.05, 0) is 38.1 Å². The van der Waals surface area contributed by atoms with Crippen molar-refractivity contribution in [1.82, 2.24) is 4.98 Å². The number of amides is 1. The van der Waals surface area contributed by atoms with Crippen molar-refractivity contribution in [3.05, 3.63) is 59.9 Å². The molecular weight excluding hydrogens is 268 g/mol. The van der Waals surface area contributed by atoms with E-state index in [-0.39, 0.29) is 5.91 Å². The van der Waals surface area contributed by atoms with Crippen molar-refractivity contribution >= 4 is 11.6 Å². The summed E-state index contributed by atoms with van der Waals surface area (Å²) >= 11 is 0. The van der Waals surface area contributed by atoms with Crippen molar-refractivity contribution in [3.8, 4) is 11.5 Å². The monoisotopic (exact) mass is 282 g/mol. The number of nitrogens with zero attached hydrogens (tertiary/aromatic N) is 1. The maximum absolute atomic E-state index is 12.1. The highest BCUT2D eigenvalue weighted by Gasteiger charge is 2.13. The number of aromatic nitrogens is 1. The number of hydrogen-bond acceptors (Lipinski definition) is 4. The van der Waals surface area contributed by atoms with Gasteiger partial charge in [-0.1, -0.05) is 6.07 Å². The molecule has 5 nitrogen and oxygen atoms in total. The zero-order valence-corrected chi connectivity index (χ0v) is 11.7. The molecule has 0 unspecified atom stereocenters. The second-order valence-corrected chi connectivity index (χ2v) is 4.76. The van der Waals surface area contributed by atoms with Crippen LogP contribution in [0.5, 0.6) is 0 Å². The van der Waals surface area contributed by atoms with Gasteiger partial charge in [0.2, 0.25) is 5.89 Å². The number of rotatable bonds is 3. The molecular formula is C16H14N2O3. The molecule has 0 fully saturated rings. The van der Waals surface area contributed by atoms with E-state index in [1.54, 1.807) is 24.5 Å². The molecule has 0 saturated carbocycles. The Morgan fingerprint density at radius 1 is 1.19 bits per heavy atom.